The van der Waals surface area contributed by atoms with Crippen LogP contribution in [-0.2, 0) is 23.9 Å². The Morgan fingerprint density at radius 3 is 2.20 bits per heavy atom. The number of carbonyl (C=O) groups is 4. The van der Waals surface area contributed by atoms with Crippen molar-refractivity contribution in [2.24, 2.45) is 23.7 Å². The molecule has 1 aliphatic heterocycles. The van der Waals surface area contributed by atoms with Gasteiger partial charge in [0.25, 0.3) is 5.91 Å². The number of anilines is 1. The summed E-state index contributed by atoms with van der Waals surface area (Å²) in [6.07, 6.45) is 2.90. The smallest absolute Gasteiger partial charge is 0.329 e. The lowest BCUT2D eigenvalue weighted by Gasteiger charge is -2.23. The first kappa shape index (κ1) is 21.0. The zero-order valence-corrected chi connectivity index (χ0v) is 18.8. The summed E-state index contributed by atoms with van der Waals surface area (Å²) < 4.78 is 6.09. The van der Waals surface area contributed by atoms with Gasteiger partial charge < -0.3 is 10.1 Å². The predicted molar refractivity (Wildman–Crippen MR) is 112 cm³/mol. The van der Waals surface area contributed by atoms with Crippen LogP contribution >= 0.6 is 15.9 Å². The van der Waals surface area contributed by atoms with Crippen LogP contribution in [0.15, 0.2) is 16.6 Å². The molecule has 2 bridgehead atoms. The minimum atomic E-state index is -1.03. The molecule has 0 unspecified atom stereocenters. The summed E-state index contributed by atoms with van der Waals surface area (Å²) in [5, 5.41) is 2.70. The van der Waals surface area contributed by atoms with E-state index in [1.54, 1.807) is 0 Å². The van der Waals surface area contributed by atoms with Gasteiger partial charge >= 0.3 is 5.97 Å². The Bertz CT molecular complexity index is 894. The number of halogens is 1. The van der Waals surface area contributed by atoms with E-state index in [4.69, 9.17) is 4.74 Å². The summed E-state index contributed by atoms with van der Waals surface area (Å²) in [6, 6.07) is 2.60. The Morgan fingerprint density at radius 2 is 1.67 bits per heavy atom. The zero-order valence-electron chi connectivity index (χ0n) is 17.2. The normalized spacial score (nSPS) is 27.9. The Hall–Kier alpha value is -2.22. The Balaban J connectivity index is 1.34. The number of benzene rings is 1. The number of nitrogens with zero attached hydrogens (tertiary/aromatic N) is 1. The Morgan fingerprint density at radius 1 is 1.13 bits per heavy atom. The van der Waals surface area contributed by atoms with Crippen LogP contribution in [0.2, 0.25) is 0 Å². The second-order valence-electron chi connectivity index (χ2n) is 8.69. The Labute approximate surface area is 183 Å². The minimum Gasteiger partial charge on any atom is -0.454 e. The molecule has 3 aliphatic rings. The van der Waals surface area contributed by atoms with Gasteiger partial charge in [-0.1, -0.05) is 15.9 Å². The maximum atomic E-state index is 12.8. The van der Waals surface area contributed by atoms with E-state index in [0.717, 1.165) is 39.8 Å². The van der Waals surface area contributed by atoms with E-state index in [9.17, 15) is 19.2 Å². The van der Waals surface area contributed by atoms with Gasteiger partial charge in [0.2, 0.25) is 11.8 Å². The number of carbonyl (C=O) groups excluding carboxylic acids is 4. The number of amides is 3. The number of nitrogens with one attached hydrogen (secondary N) is 1. The van der Waals surface area contributed by atoms with E-state index >= 15 is 0 Å². The molecule has 2 saturated carbocycles. The summed E-state index contributed by atoms with van der Waals surface area (Å²) in [4.78, 5) is 51.4. The van der Waals surface area contributed by atoms with Gasteiger partial charge in [-0.2, -0.15) is 0 Å². The molecule has 4 rings (SSSR count). The number of fused-ring (bicyclic) bond motifs is 5. The molecular weight excluding hydrogens is 452 g/mol. The van der Waals surface area contributed by atoms with E-state index in [1.165, 1.54) is 6.92 Å². The highest BCUT2D eigenvalue weighted by molar-refractivity contribution is 9.10. The number of esters is 1. The highest BCUT2D eigenvalue weighted by Crippen LogP contribution is 2.56. The lowest BCUT2D eigenvalue weighted by atomic mass is 9.81. The van der Waals surface area contributed by atoms with E-state index in [2.05, 4.69) is 21.2 Å². The summed E-state index contributed by atoms with van der Waals surface area (Å²) >= 11 is 3.47. The van der Waals surface area contributed by atoms with Crippen molar-refractivity contribution >= 4 is 45.3 Å². The molecule has 1 N–H and O–H groups in total. The first-order valence-corrected chi connectivity index (χ1v) is 11.1. The molecule has 5 atom stereocenters. The van der Waals surface area contributed by atoms with Crippen molar-refractivity contribution in [2.75, 3.05) is 11.9 Å². The van der Waals surface area contributed by atoms with Gasteiger partial charge in [0.15, 0.2) is 6.61 Å². The first-order chi connectivity index (χ1) is 14.2. The van der Waals surface area contributed by atoms with Crippen molar-refractivity contribution in [3.8, 4) is 0 Å². The molecule has 2 aliphatic carbocycles. The molecule has 1 aromatic rings. The summed E-state index contributed by atoms with van der Waals surface area (Å²) in [5.41, 5.74) is 2.55. The average molecular weight is 477 g/mol. The van der Waals surface area contributed by atoms with Gasteiger partial charge in [-0.05, 0) is 75.1 Å². The quantitative estimate of drug-likeness (QED) is 0.520. The number of ether oxygens (including phenoxy) is 1. The fraction of sp³-hybridized carbons (Fsp3) is 0.545. The molecule has 0 aromatic heterocycles. The molecular formula is C22H25BrN2O5. The molecule has 1 heterocycles. The topological polar surface area (TPSA) is 92.8 Å². The van der Waals surface area contributed by atoms with Crippen LogP contribution in [0.4, 0.5) is 5.69 Å². The second kappa shape index (κ2) is 7.80. The largest absolute Gasteiger partial charge is 0.454 e. The van der Waals surface area contributed by atoms with Crippen LogP contribution in [0.3, 0.4) is 0 Å². The number of hydrogen-bond acceptors (Lipinski definition) is 5. The van der Waals surface area contributed by atoms with E-state index in [1.807, 2.05) is 26.0 Å². The molecule has 3 fully saturated rings. The molecule has 8 heteroatoms. The molecule has 0 spiro atoms. The van der Waals surface area contributed by atoms with Crippen molar-refractivity contribution in [3.63, 3.8) is 0 Å². The third-order valence-electron chi connectivity index (χ3n) is 6.76. The maximum Gasteiger partial charge on any atom is 0.329 e. The second-order valence-corrected chi connectivity index (χ2v) is 9.48. The highest BCUT2D eigenvalue weighted by atomic mass is 79.9. The Kier molecular flexibility index (Phi) is 5.46. The summed E-state index contributed by atoms with van der Waals surface area (Å²) in [5.74, 6) is -1.79. The number of hydrogen-bond donors (Lipinski definition) is 1. The third-order valence-corrected chi connectivity index (χ3v) is 8.01. The average Bonchev–Trinajstić information content (AvgIpc) is 3.37. The van der Waals surface area contributed by atoms with Crippen molar-refractivity contribution in [3.05, 3.63) is 27.7 Å². The predicted octanol–water partition coefficient (Wildman–Crippen LogP) is 2.97. The van der Waals surface area contributed by atoms with Crippen LogP contribution in [0, 0.1) is 37.5 Å². The monoisotopic (exact) mass is 476 g/mol. The fourth-order valence-electron chi connectivity index (χ4n) is 5.39. The van der Waals surface area contributed by atoms with Gasteiger partial charge in [0.05, 0.1) is 11.8 Å². The van der Waals surface area contributed by atoms with E-state index < -0.39 is 24.5 Å². The fourth-order valence-corrected chi connectivity index (χ4v) is 5.62. The lowest BCUT2D eigenvalue weighted by Crippen LogP contribution is -2.45. The molecule has 1 aromatic carbocycles. The van der Waals surface area contributed by atoms with Crippen LogP contribution < -0.4 is 5.32 Å². The summed E-state index contributed by atoms with van der Waals surface area (Å²) in [6.45, 7) is 4.84. The molecule has 30 heavy (non-hydrogen) atoms. The molecule has 1 saturated heterocycles. The number of likely N-dealkylation sites (tertiary alicyclic amines) is 1. The molecule has 3 amide bonds. The molecule has 0 radical (unpaired) electrons. The van der Waals surface area contributed by atoms with Gasteiger partial charge in [-0.25, -0.2) is 4.79 Å². The van der Waals surface area contributed by atoms with E-state index in [0.29, 0.717) is 5.69 Å². The standard InChI is InChI=1S/C22H25BrN2O5/c1-10-6-15(7-11(2)19(10)23)24-16(26)9-30-22(29)12(3)25-20(27)17-13-4-5-14(8-13)18(17)21(25)28/h6-7,12-14,17-18H,4-5,8-9H2,1-3H3,(H,24,26)/t12-,13+,14+,17-,18+/m1/s1. The third kappa shape index (κ3) is 3.45. The molecule has 160 valence electrons. The lowest BCUT2D eigenvalue weighted by molar-refractivity contribution is -0.159. The number of imide groups is 1. The van der Waals surface area contributed by atoms with Crippen molar-refractivity contribution < 1.29 is 23.9 Å². The van der Waals surface area contributed by atoms with Crippen molar-refractivity contribution in [2.45, 2.75) is 46.1 Å². The SMILES string of the molecule is Cc1cc(NC(=O)COC(=O)[C@@H](C)N2C(=O)[C@@H]3[C@H]4CC[C@@H](C4)[C@@H]3C2=O)cc(C)c1Br. The van der Waals surface area contributed by atoms with Crippen LogP contribution in [-0.4, -0.2) is 41.2 Å². The minimum absolute atomic E-state index is 0.257. The zero-order chi connectivity index (χ0) is 21.7. The number of rotatable bonds is 5. The summed E-state index contributed by atoms with van der Waals surface area (Å²) in [7, 11) is 0. The van der Waals surface area contributed by atoms with Crippen molar-refractivity contribution in [1.29, 1.82) is 0 Å². The first-order valence-electron chi connectivity index (χ1n) is 10.3. The van der Waals surface area contributed by atoms with Gasteiger partial charge in [-0.15, -0.1) is 0 Å². The molecule has 7 nitrogen and oxygen atoms in total. The maximum absolute atomic E-state index is 12.8. The highest BCUT2D eigenvalue weighted by Gasteiger charge is 2.62. The van der Waals surface area contributed by atoms with Crippen molar-refractivity contribution in [1.82, 2.24) is 4.90 Å². The van der Waals surface area contributed by atoms with Gasteiger partial charge in [0.1, 0.15) is 6.04 Å². The van der Waals surface area contributed by atoms with Gasteiger partial charge in [0, 0.05) is 10.2 Å². The van der Waals surface area contributed by atoms with Crippen LogP contribution in [0.1, 0.15) is 37.3 Å². The van der Waals surface area contributed by atoms with Gasteiger partial charge in [-0.3, -0.25) is 19.3 Å². The number of aryl methyl sites for hydroxylation is 2. The van der Waals surface area contributed by atoms with Crippen LogP contribution in [0.5, 0.6) is 0 Å². The van der Waals surface area contributed by atoms with E-state index in [-0.39, 0.29) is 35.5 Å². The van der Waals surface area contributed by atoms with Crippen LogP contribution in [0.25, 0.3) is 0 Å².